The number of carbonyl (C=O) groups is 1. The van der Waals surface area contributed by atoms with E-state index in [-0.39, 0.29) is 5.91 Å². The van der Waals surface area contributed by atoms with Crippen LogP contribution in [0, 0.1) is 0 Å². The molecule has 80 valence electrons. The fourth-order valence-corrected chi connectivity index (χ4v) is 1.90. The largest absolute Gasteiger partial charge is 0.347 e. The van der Waals surface area contributed by atoms with Crippen LogP contribution in [0.15, 0.2) is 19.0 Å². The topological polar surface area (TPSA) is 46.9 Å². The third kappa shape index (κ3) is 2.09. The van der Waals surface area contributed by atoms with E-state index in [1.54, 1.807) is 0 Å². The third-order valence-corrected chi connectivity index (χ3v) is 2.71. The monoisotopic (exact) mass is 205 g/mol. The normalized spacial score (nSPS) is 14.4. The van der Waals surface area contributed by atoms with Gasteiger partial charge in [0.05, 0.1) is 18.6 Å². The maximum Gasteiger partial charge on any atom is 0.243 e. The number of carbonyl (C=O) groups excluding carboxylic acids is 1. The summed E-state index contributed by atoms with van der Waals surface area (Å²) in [6.07, 6.45) is 6.65. The van der Waals surface area contributed by atoms with E-state index in [0.29, 0.717) is 6.54 Å². The van der Waals surface area contributed by atoms with Crippen LogP contribution in [-0.2, 0) is 24.3 Å². The molecule has 4 heteroatoms. The predicted octanol–water partition coefficient (Wildman–Crippen LogP) is 1.02. The first kappa shape index (κ1) is 9.96. The number of amides is 1. The Labute approximate surface area is 89.0 Å². The molecular weight excluding hydrogens is 190 g/mol. The molecule has 0 radical (unpaired) electrons. The van der Waals surface area contributed by atoms with Crippen molar-refractivity contribution < 1.29 is 4.79 Å². The van der Waals surface area contributed by atoms with Crippen LogP contribution >= 0.6 is 0 Å². The van der Waals surface area contributed by atoms with Crippen LogP contribution in [0.4, 0.5) is 0 Å². The minimum Gasteiger partial charge on any atom is -0.347 e. The van der Waals surface area contributed by atoms with Gasteiger partial charge >= 0.3 is 0 Å². The lowest BCUT2D eigenvalue weighted by molar-refractivity contribution is -0.116. The molecule has 1 aliphatic rings. The van der Waals surface area contributed by atoms with Crippen molar-refractivity contribution >= 4 is 5.91 Å². The highest BCUT2D eigenvalue weighted by atomic mass is 16.1. The Morgan fingerprint density at radius 2 is 2.53 bits per heavy atom. The lowest BCUT2D eigenvalue weighted by Crippen LogP contribution is -2.21. The first-order chi connectivity index (χ1) is 7.31. The Bertz CT molecular complexity index is 381. The van der Waals surface area contributed by atoms with Crippen molar-refractivity contribution in [3.63, 3.8) is 0 Å². The quantitative estimate of drug-likeness (QED) is 0.749. The molecule has 15 heavy (non-hydrogen) atoms. The zero-order valence-electron chi connectivity index (χ0n) is 8.70. The standard InChI is InChI=1S/C11H15N3O/c1-2-11(15)12-7-9-10-5-3-4-6-14(10)8-13-9/h2,8H,1,3-7H2,(H,12,15). The molecule has 2 rings (SSSR count). The maximum absolute atomic E-state index is 11.0. The van der Waals surface area contributed by atoms with Crippen LogP contribution in [0.1, 0.15) is 24.2 Å². The van der Waals surface area contributed by atoms with Crippen LogP contribution < -0.4 is 5.32 Å². The van der Waals surface area contributed by atoms with Gasteiger partial charge in [0.15, 0.2) is 0 Å². The van der Waals surface area contributed by atoms with Gasteiger partial charge < -0.3 is 9.88 Å². The molecule has 1 amide bonds. The number of nitrogens with zero attached hydrogens (tertiary/aromatic N) is 2. The average molecular weight is 205 g/mol. The SMILES string of the molecule is C=CC(=O)NCc1ncn2c1CCCC2. The summed E-state index contributed by atoms with van der Waals surface area (Å²) in [4.78, 5) is 15.3. The second-order valence-electron chi connectivity index (χ2n) is 3.71. The summed E-state index contributed by atoms with van der Waals surface area (Å²) in [7, 11) is 0. The van der Waals surface area contributed by atoms with Crippen LogP contribution in [0.2, 0.25) is 0 Å². The fourth-order valence-electron chi connectivity index (χ4n) is 1.90. The molecule has 0 unspecified atom stereocenters. The summed E-state index contributed by atoms with van der Waals surface area (Å²) in [5.74, 6) is -0.146. The van der Waals surface area contributed by atoms with Gasteiger partial charge in [0.25, 0.3) is 0 Å². The fraction of sp³-hybridized carbons (Fsp3) is 0.455. The Morgan fingerprint density at radius 1 is 1.67 bits per heavy atom. The zero-order valence-corrected chi connectivity index (χ0v) is 8.70. The number of fused-ring (bicyclic) bond motifs is 1. The summed E-state index contributed by atoms with van der Waals surface area (Å²) in [6.45, 7) is 4.97. The van der Waals surface area contributed by atoms with Crippen molar-refractivity contribution in [2.45, 2.75) is 32.4 Å². The van der Waals surface area contributed by atoms with Gasteiger partial charge in [0, 0.05) is 12.2 Å². The molecule has 1 aromatic rings. The highest BCUT2D eigenvalue weighted by molar-refractivity contribution is 5.86. The number of hydrogen-bond acceptors (Lipinski definition) is 2. The van der Waals surface area contributed by atoms with E-state index in [1.807, 2.05) is 6.33 Å². The van der Waals surface area contributed by atoms with Gasteiger partial charge in [0.2, 0.25) is 5.91 Å². The molecule has 0 aliphatic carbocycles. The van der Waals surface area contributed by atoms with Crippen molar-refractivity contribution in [1.82, 2.24) is 14.9 Å². The molecule has 0 saturated carbocycles. The molecule has 0 spiro atoms. The number of aromatic nitrogens is 2. The minimum absolute atomic E-state index is 0.146. The number of hydrogen-bond donors (Lipinski definition) is 1. The molecule has 1 N–H and O–H groups in total. The smallest absolute Gasteiger partial charge is 0.243 e. The summed E-state index contributed by atoms with van der Waals surface area (Å²) < 4.78 is 2.18. The van der Waals surface area contributed by atoms with Crippen molar-refractivity contribution in [3.05, 3.63) is 30.4 Å². The predicted molar refractivity (Wildman–Crippen MR) is 57.2 cm³/mol. The summed E-state index contributed by atoms with van der Waals surface area (Å²) in [5.41, 5.74) is 2.26. The molecule has 0 aromatic carbocycles. The average Bonchev–Trinajstić information content (AvgIpc) is 2.69. The molecule has 1 aromatic heterocycles. The van der Waals surface area contributed by atoms with Crippen molar-refractivity contribution in [2.75, 3.05) is 0 Å². The molecule has 0 saturated heterocycles. The maximum atomic E-state index is 11.0. The molecule has 0 atom stereocenters. The lowest BCUT2D eigenvalue weighted by Gasteiger charge is -2.15. The van der Waals surface area contributed by atoms with E-state index in [2.05, 4.69) is 21.4 Å². The van der Waals surface area contributed by atoms with Gasteiger partial charge in [0.1, 0.15) is 0 Å². The van der Waals surface area contributed by atoms with E-state index < -0.39 is 0 Å². The second kappa shape index (κ2) is 4.29. The highest BCUT2D eigenvalue weighted by Gasteiger charge is 2.14. The zero-order chi connectivity index (χ0) is 10.7. The Hall–Kier alpha value is -1.58. The van der Waals surface area contributed by atoms with E-state index in [4.69, 9.17) is 0 Å². The summed E-state index contributed by atoms with van der Waals surface area (Å²) in [5, 5.41) is 2.75. The van der Waals surface area contributed by atoms with Gasteiger partial charge in [-0.2, -0.15) is 0 Å². The van der Waals surface area contributed by atoms with Crippen molar-refractivity contribution in [3.8, 4) is 0 Å². The summed E-state index contributed by atoms with van der Waals surface area (Å²) >= 11 is 0. The Morgan fingerprint density at radius 3 is 3.33 bits per heavy atom. The second-order valence-corrected chi connectivity index (χ2v) is 3.71. The molecule has 4 nitrogen and oxygen atoms in total. The summed E-state index contributed by atoms with van der Waals surface area (Å²) in [6, 6.07) is 0. The van der Waals surface area contributed by atoms with Gasteiger partial charge in [-0.05, 0) is 25.3 Å². The number of nitrogens with one attached hydrogen (secondary N) is 1. The van der Waals surface area contributed by atoms with E-state index >= 15 is 0 Å². The van der Waals surface area contributed by atoms with E-state index in [9.17, 15) is 4.79 Å². The van der Waals surface area contributed by atoms with E-state index in [0.717, 1.165) is 18.7 Å². The number of imidazole rings is 1. The number of aryl methyl sites for hydroxylation is 1. The van der Waals surface area contributed by atoms with Gasteiger partial charge in [-0.25, -0.2) is 4.98 Å². The highest BCUT2D eigenvalue weighted by Crippen LogP contribution is 2.17. The third-order valence-electron chi connectivity index (χ3n) is 2.71. The lowest BCUT2D eigenvalue weighted by atomic mass is 10.1. The minimum atomic E-state index is -0.146. The molecule has 1 aliphatic heterocycles. The first-order valence-electron chi connectivity index (χ1n) is 5.24. The molecule has 0 bridgehead atoms. The van der Waals surface area contributed by atoms with Crippen molar-refractivity contribution in [2.24, 2.45) is 0 Å². The van der Waals surface area contributed by atoms with Crippen LogP contribution in [0.25, 0.3) is 0 Å². The Kier molecular flexibility index (Phi) is 2.85. The van der Waals surface area contributed by atoms with Crippen LogP contribution in [0.3, 0.4) is 0 Å². The number of rotatable bonds is 3. The molecule has 0 fully saturated rings. The van der Waals surface area contributed by atoms with Crippen molar-refractivity contribution in [1.29, 1.82) is 0 Å². The van der Waals surface area contributed by atoms with E-state index in [1.165, 1.54) is 24.6 Å². The van der Waals surface area contributed by atoms with Gasteiger partial charge in [-0.3, -0.25) is 4.79 Å². The van der Waals surface area contributed by atoms with Gasteiger partial charge in [-0.15, -0.1) is 0 Å². The van der Waals surface area contributed by atoms with Crippen LogP contribution in [0.5, 0.6) is 0 Å². The van der Waals surface area contributed by atoms with Crippen LogP contribution in [-0.4, -0.2) is 15.5 Å². The van der Waals surface area contributed by atoms with Gasteiger partial charge in [-0.1, -0.05) is 6.58 Å². The molecule has 2 heterocycles. The first-order valence-corrected chi connectivity index (χ1v) is 5.24. The Balaban J connectivity index is 2.05. The molecular formula is C11H15N3O.